The molecule has 7 aromatic rings. The minimum atomic E-state index is -0.781. The van der Waals surface area contributed by atoms with Crippen molar-refractivity contribution in [2.24, 2.45) is 0 Å². The van der Waals surface area contributed by atoms with Crippen LogP contribution in [0.1, 0.15) is 126 Å². The number of carboxylic acid groups (broad SMARTS) is 1. The molecule has 0 spiro atoms. The first-order valence-corrected chi connectivity index (χ1v) is 31.9. The van der Waals surface area contributed by atoms with Crippen LogP contribution in [0, 0.1) is 0 Å². The lowest BCUT2D eigenvalue weighted by molar-refractivity contribution is -0.137. The normalized spacial score (nSPS) is 15.9. The number of hydrogen-bond acceptors (Lipinski definition) is 13. The third-order valence-corrected chi connectivity index (χ3v) is 17.5. The molecule has 1 N–H and O–H groups in total. The smallest absolute Gasteiger partial charge is 0.303 e. The highest BCUT2D eigenvalue weighted by molar-refractivity contribution is 6.01. The lowest BCUT2D eigenvalue weighted by Gasteiger charge is -2.37. The van der Waals surface area contributed by atoms with E-state index in [9.17, 15) is 14.4 Å². The highest BCUT2D eigenvalue weighted by atomic mass is 16.5. The molecule has 4 heterocycles. The first kappa shape index (κ1) is 64.1. The van der Waals surface area contributed by atoms with E-state index in [0.717, 1.165) is 122 Å². The zero-order valence-electron chi connectivity index (χ0n) is 52.6. The second-order valence-corrected chi connectivity index (χ2v) is 23.3. The van der Waals surface area contributed by atoms with Crippen LogP contribution in [-0.4, -0.2) is 131 Å². The van der Waals surface area contributed by atoms with Gasteiger partial charge in [-0.15, -0.1) is 0 Å². The van der Waals surface area contributed by atoms with Crippen molar-refractivity contribution in [1.82, 2.24) is 14.7 Å². The van der Waals surface area contributed by atoms with E-state index in [4.69, 9.17) is 38.3 Å². The highest BCUT2D eigenvalue weighted by Gasteiger charge is 2.39. The molecule has 3 fully saturated rings. The third kappa shape index (κ3) is 16.5. The SMILES string of the molecule is COc1ccc([C@@H](CCCOc2ccccc2)N2Cc3c(cccc3N3CCCCC3)C2=O)cc1OC.COc1ccc([C@@H](CCCOc2ccccc2)N2Cc3c(cccc3N3CCN(C4CC4)CC3)C2=O)cc1OC.O=C(O)CCCOc1ccccc1. The van der Waals surface area contributed by atoms with E-state index < -0.39 is 5.97 Å². The van der Waals surface area contributed by atoms with Gasteiger partial charge in [0.2, 0.25) is 0 Å². The standard InChI is InChI=1S/C33H39N3O4.C31H36N2O4.C10H12O3/c1-38-31-16-13-24(22-32(31)39-2)29(12-7-21-40-26-8-4-3-5-9-26)36-23-28-27(33(36)37)10-6-11-30(28)35-19-17-34(18-20-35)25-14-15-25;1-35-29-17-16-23(21-30(29)36-2)27(15-10-20-37-24-11-5-3-6-12-24)33-22-26-25(31(33)34)13-9-14-28(26)32-18-7-4-8-19-32;11-10(12)7-4-8-13-9-5-2-1-3-6-9/h3-6,8-11,13,16,22,25,29H,7,12,14-15,17-21,23H2,1-2H3;3,5-6,9,11-14,16-17,21,27H,4,7-8,10,15,18-20,22H2,1-2H3;1-3,5-6H,4,7-8H2,(H,11,12)/t29-;27-;/m11./s1. The molecule has 2 atom stereocenters. The molecule has 4 aliphatic heterocycles. The molecule has 12 rings (SSSR count). The predicted octanol–water partition coefficient (Wildman–Crippen LogP) is 13.7. The van der Waals surface area contributed by atoms with Gasteiger partial charge in [0.1, 0.15) is 17.2 Å². The molecule has 0 bridgehead atoms. The van der Waals surface area contributed by atoms with Crippen LogP contribution < -0.4 is 43.0 Å². The van der Waals surface area contributed by atoms with Crippen LogP contribution in [0.3, 0.4) is 0 Å². The number of carboxylic acids is 1. The van der Waals surface area contributed by atoms with Crippen molar-refractivity contribution < 1.29 is 52.6 Å². The number of fused-ring (bicyclic) bond motifs is 2. The summed E-state index contributed by atoms with van der Waals surface area (Å²) < 4.78 is 39.4. The molecule has 16 heteroatoms. The summed E-state index contributed by atoms with van der Waals surface area (Å²) in [6.07, 6.45) is 10.3. The van der Waals surface area contributed by atoms with E-state index in [2.05, 4.69) is 32.9 Å². The summed E-state index contributed by atoms with van der Waals surface area (Å²) in [5.74, 6) is 4.62. The number of piperazine rings is 1. The lowest BCUT2D eigenvalue weighted by Crippen LogP contribution is -2.47. The molecule has 1 aliphatic carbocycles. The lowest BCUT2D eigenvalue weighted by atomic mass is 9.99. The van der Waals surface area contributed by atoms with Gasteiger partial charge in [-0.05, 0) is 160 Å². The molecule has 7 aromatic carbocycles. The number of hydrogen-bond donors (Lipinski definition) is 1. The first-order chi connectivity index (χ1) is 44.1. The Morgan fingerprint density at radius 1 is 0.467 bits per heavy atom. The summed E-state index contributed by atoms with van der Waals surface area (Å²) in [4.78, 5) is 49.5. The fourth-order valence-electron chi connectivity index (χ4n) is 12.7. The zero-order chi connectivity index (χ0) is 62.6. The predicted molar refractivity (Wildman–Crippen MR) is 351 cm³/mol. The number of anilines is 2. The van der Waals surface area contributed by atoms with E-state index in [1.165, 1.54) is 43.5 Å². The quantitative estimate of drug-likeness (QED) is 0.0512. The maximum Gasteiger partial charge on any atom is 0.303 e. The van der Waals surface area contributed by atoms with Crippen LogP contribution in [-0.2, 0) is 17.9 Å². The molecule has 474 valence electrons. The summed E-state index contributed by atoms with van der Waals surface area (Å²) in [6.45, 7) is 9.17. The molecule has 0 aromatic heterocycles. The number of carbonyl (C=O) groups is 3. The van der Waals surface area contributed by atoms with Crippen molar-refractivity contribution >= 4 is 29.2 Å². The third-order valence-electron chi connectivity index (χ3n) is 17.5. The average Bonchev–Trinajstić information content (AvgIpc) is 1.65. The second-order valence-electron chi connectivity index (χ2n) is 23.3. The molecule has 90 heavy (non-hydrogen) atoms. The van der Waals surface area contributed by atoms with E-state index in [-0.39, 0.29) is 30.3 Å². The highest BCUT2D eigenvalue weighted by Crippen LogP contribution is 2.43. The van der Waals surface area contributed by atoms with Crippen LogP contribution >= 0.6 is 0 Å². The zero-order valence-corrected chi connectivity index (χ0v) is 52.6. The summed E-state index contributed by atoms with van der Waals surface area (Å²) in [5, 5.41) is 8.36. The Morgan fingerprint density at radius 3 is 1.28 bits per heavy atom. The molecule has 0 radical (unpaired) electrons. The molecule has 2 saturated heterocycles. The molecule has 5 aliphatic rings. The van der Waals surface area contributed by atoms with Gasteiger partial charge >= 0.3 is 5.97 Å². The fraction of sp³-hybridized carbons (Fsp3) is 0.392. The summed E-state index contributed by atoms with van der Waals surface area (Å²) in [7, 11) is 6.57. The number of para-hydroxylation sites is 3. The maximum absolute atomic E-state index is 13.9. The van der Waals surface area contributed by atoms with Gasteiger partial charge in [-0.3, -0.25) is 19.3 Å². The van der Waals surface area contributed by atoms with Crippen LogP contribution in [0.4, 0.5) is 11.4 Å². The van der Waals surface area contributed by atoms with Crippen molar-refractivity contribution in [1.29, 1.82) is 0 Å². The van der Waals surface area contributed by atoms with E-state index in [1.807, 2.05) is 155 Å². The Kier molecular flexibility index (Phi) is 22.8. The monoisotopic (exact) mass is 1220 g/mol. The number of nitrogens with zero attached hydrogens (tertiary/aromatic N) is 5. The molecule has 1 saturated carbocycles. The number of carbonyl (C=O) groups excluding carboxylic acids is 2. The minimum absolute atomic E-state index is 0.0947. The Hall–Kier alpha value is -8.89. The molecule has 0 unspecified atom stereocenters. The summed E-state index contributed by atoms with van der Waals surface area (Å²) >= 11 is 0. The Balaban J connectivity index is 0.000000166. The topological polar surface area (TPSA) is 152 Å². The van der Waals surface area contributed by atoms with Gasteiger partial charge in [-0.1, -0.05) is 78.9 Å². The fourth-order valence-corrected chi connectivity index (χ4v) is 12.7. The molecule has 2 amide bonds. The van der Waals surface area contributed by atoms with Crippen molar-refractivity contribution in [3.05, 3.63) is 197 Å². The summed E-state index contributed by atoms with van der Waals surface area (Å²) in [6, 6.07) is 54.1. The molecular formula is C74H87N5O11. The van der Waals surface area contributed by atoms with Crippen molar-refractivity contribution in [2.45, 2.75) is 102 Å². The van der Waals surface area contributed by atoms with Crippen LogP contribution in [0.25, 0.3) is 0 Å². The number of aliphatic carboxylic acids is 1. The van der Waals surface area contributed by atoms with Gasteiger partial charge < -0.3 is 57.9 Å². The number of ether oxygens (including phenoxy) is 7. The summed E-state index contributed by atoms with van der Waals surface area (Å²) in [5.41, 5.74) is 8.46. The minimum Gasteiger partial charge on any atom is -0.494 e. The number of rotatable bonds is 26. The van der Waals surface area contributed by atoms with Crippen molar-refractivity contribution in [3.8, 4) is 40.2 Å². The number of piperidine rings is 1. The van der Waals surface area contributed by atoms with Crippen LogP contribution in [0.5, 0.6) is 40.2 Å². The van der Waals surface area contributed by atoms with E-state index >= 15 is 0 Å². The number of amides is 2. The van der Waals surface area contributed by atoms with E-state index in [1.54, 1.807) is 28.4 Å². The Morgan fingerprint density at radius 2 is 0.878 bits per heavy atom. The van der Waals surface area contributed by atoms with Crippen molar-refractivity contribution in [3.63, 3.8) is 0 Å². The van der Waals surface area contributed by atoms with Crippen LogP contribution in [0.2, 0.25) is 0 Å². The van der Waals surface area contributed by atoms with Crippen molar-refractivity contribution in [2.75, 3.05) is 97.3 Å². The second kappa shape index (κ2) is 32.0. The Bertz CT molecular complexity index is 3430. The first-order valence-electron chi connectivity index (χ1n) is 31.9. The van der Waals surface area contributed by atoms with Gasteiger partial charge in [0.25, 0.3) is 11.8 Å². The average molecular weight is 1220 g/mol. The van der Waals surface area contributed by atoms with Gasteiger partial charge in [0.05, 0.1) is 60.3 Å². The van der Waals surface area contributed by atoms with Gasteiger partial charge in [0.15, 0.2) is 23.0 Å². The van der Waals surface area contributed by atoms with Gasteiger partial charge in [-0.25, -0.2) is 0 Å². The van der Waals surface area contributed by atoms with Gasteiger partial charge in [-0.2, -0.15) is 0 Å². The largest absolute Gasteiger partial charge is 0.494 e. The van der Waals surface area contributed by atoms with E-state index in [0.29, 0.717) is 62.3 Å². The van der Waals surface area contributed by atoms with Gasteiger partial charge in [0, 0.05) is 98.4 Å². The van der Waals surface area contributed by atoms with Crippen LogP contribution in [0.15, 0.2) is 164 Å². The number of methoxy groups -OCH3 is 4. The Labute approximate surface area is 530 Å². The molecule has 16 nitrogen and oxygen atoms in total. The number of benzene rings is 7. The maximum atomic E-state index is 13.9. The molecular weight excluding hydrogens is 1130 g/mol.